The summed E-state index contributed by atoms with van der Waals surface area (Å²) in [6.45, 7) is 3.74. The summed E-state index contributed by atoms with van der Waals surface area (Å²) in [5, 5.41) is 3.36. The molecule has 3 aromatic rings. The molecule has 2 aromatic carbocycles. The Morgan fingerprint density at radius 1 is 1.12 bits per heavy atom. The number of sulfonamides is 1. The Morgan fingerprint density at radius 2 is 1.88 bits per heavy atom. The van der Waals surface area contributed by atoms with Crippen LogP contribution in [-0.2, 0) is 32.6 Å². The van der Waals surface area contributed by atoms with Crippen LogP contribution in [0.3, 0.4) is 0 Å². The minimum Gasteiger partial charge on any atom is -0.379 e. The fraction of sp³-hybridized carbons (Fsp3) is 0.375. The van der Waals surface area contributed by atoms with Crippen molar-refractivity contribution in [2.45, 2.75) is 37.8 Å². The van der Waals surface area contributed by atoms with Gasteiger partial charge in [-0.3, -0.25) is 14.2 Å². The van der Waals surface area contributed by atoms with Crippen LogP contribution in [0.2, 0.25) is 0 Å². The van der Waals surface area contributed by atoms with Crippen LogP contribution in [0, 0.1) is 6.92 Å². The average Bonchev–Trinajstić information content (AvgIpc) is 2.85. The number of aryl methyl sites for hydroxylation is 2. The minimum atomic E-state index is -3.66. The summed E-state index contributed by atoms with van der Waals surface area (Å²) in [6.07, 6.45) is 2.18. The molecule has 9 nitrogen and oxygen atoms in total. The van der Waals surface area contributed by atoms with Gasteiger partial charge in [0.05, 0.1) is 35.3 Å². The Labute approximate surface area is 198 Å². The molecule has 0 spiro atoms. The van der Waals surface area contributed by atoms with E-state index in [1.807, 2.05) is 19.1 Å². The van der Waals surface area contributed by atoms with E-state index in [0.29, 0.717) is 55.7 Å². The number of ether oxygens (including phenoxy) is 1. The SMILES string of the molecule is Cc1cccc2c(=O)n(CCCC(=O)NCc3ccccc3S(=O)(=O)N3CCOCC3)cnc12. The highest BCUT2D eigenvalue weighted by Crippen LogP contribution is 2.21. The number of carbonyl (C=O) groups is 1. The van der Waals surface area contributed by atoms with Crippen LogP contribution in [0.1, 0.15) is 24.0 Å². The van der Waals surface area contributed by atoms with Crippen LogP contribution in [0.4, 0.5) is 0 Å². The van der Waals surface area contributed by atoms with Crippen molar-refractivity contribution in [3.8, 4) is 0 Å². The van der Waals surface area contributed by atoms with Crippen LogP contribution in [0.25, 0.3) is 10.9 Å². The highest BCUT2D eigenvalue weighted by molar-refractivity contribution is 7.89. The molecule has 34 heavy (non-hydrogen) atoms. The maximum atomic E-state index is 13.0. The second-order valence-electron chi connectivity index (χ2n) is 8.22. The Bertz CT molecular complexity index is 1350. The minimum absolute atomic E-state index is 0.106. The molecule has 180 valence electrons. The van der Waals surface area contributed by atoms with Crippen molar-refractivity contribution >= 4 is 26.8 Å². The number of aromatic nitrogens is 2. The highest BCUT2D eigenvalue weighted by atomic mass is 32.2. The Kier molecular flexibility index (Phi) is 7.40. The van der Waals surface area contributed by atoms with Crippen LogP contribution >= 0.6 is 0 Å². The van der Waals surface area contributed by atoms with Gasteiger partial charge in [-0.1, -0.05) is 30.3 Å². The third-order valence-electron chi connectivity index (χ3n) is 5.89. The average molecular weight is 485 g/mol. The monoisotopic (exact) mass is 484 g/mol. The molecule has 1 amide bonds. The Balaban J connectivity index is 1.35. The van der Waals surface area contributed by atoms with Crippen LogP contribution in [0.15, 0.2) is 58.5 Å². The van der Waals surface area contributed by atoms with E-state index in [9.17, 15) is 18.0 Å². The number of carbonyl (C=O) groups excluding carboxylic acids is 1. The van der Waals surface area contributed by atoms with E-state index in [1.165, 1.54) is 15.2 Å². The van der Waals surface area contributed by atoms with E-state index in [2.05, 4.69) is 10.3 Å². The van der Waals surface area contributed by atoms with Gasteiger partial charge in [0.25, 0.3) is 5.56 Å². The van der Waals surface area contributed by atoms with E-state index in [0.717, 1.165) is 5.56 Å². The summed E-state index contributed by atoms with van der Waals surface area (Å²) in [6, 6.07) is 12.2. The van der Waals surface area contributed by atoms with Gasteiger partial charge in [-0.05, 0) is 36.6 Å². The van der Waals surface area contributed by atoms with Crippen molar-refractivity contribution in [3.63, 3.8) is 0 Å². The molecule has 0 saturated carbocycles. The predicted molar refractivity (Wildman–Crippen MR) is 128 cm³/mol. The maximum Gasteiger partial charge on any atom is 0.261 e. The van der Waals surface area contributed by atoms with Gasteiger partial charge < -0.3 is 10.1 Å². The van der Waals surface area contributed by atoms with Gasteiger partial charge in [-0.25, -0.2) is 13.4 Å². The molecule has 1 aromatic heterocycles. The van der Waals surface area contributed by atoms with Gasteiger partial charge in [0.1, 0.15) is 0 Å². The summed E-state index contributed by atoms with van der Waals surface area (Å²) in [4.78, 5) is 29.7. The molecule has 1 aliphatic heterocycles. The van der Waals surface area contributed by atoms with Crippen LogP contribution in [-0.4, -0.2) is 54.5 Å². The molecule has 1 saturated heterocycles. The van der Waals surface area contributed by atoms with Gasteiger partial charge in [0.2, 0.25) is 15.9 Å². The number of rotatable bonds is 8. The molecule has 0 atom stereocenters. The lowest BCUT2D eigenvalue weighted by Crippen LogP contribution is -2.41. The smallest absolute Gasteiger partial charge is 0.261 e. The van der Waals surface area contributed by atoms with Crippen molar-refractivity contribution in [2.75, 3.05) is 26.3 Å². The molecule has 1 aliphatic rings. The normalized spacial score (nSPS) is 14.9. The summed E-state index contributed by atoms with van der Waals surface area (Å²) in [7, 11) is -3.66. The molecule has 4 rings (SSSR count). The van der Waals surface area contributed by atoms with Crippen molar-refractivity contribution in [1.29, 1.82) is 0 Å². The number of para-hydroxylation sites is 1. The first-order valence-corrected chi connectivity index (χ1v) is 12.7. The maximum absolute atomic E-state index is 13.0. The van der Waals surface area contributed by atoms with Gasteiger partial charge in [0, 0.05) is 32.6 Å². The number of nitrogens with zero attached hydrogens (tertiary/aromatic N) is 3. The molecular weight excluding hydrogens is 456 g/mol. The first-order chi connectivity index (χ1) is 16.4. The summed E-state index contributed by atoms with van der Waals surface area (Å²) >= 11 is 0. The molecular formula is C24H28N4O5S. The van der Waals surface area contributed by atoms with Crippen LogP contribution < -0.4 is 10.9 Å². The van der Waals surface area contributed by atoms with Gasteiger partial charge in [0.15, 0.2) is 0 Å². The number of morpholine rings is 1. The molecule has 0 unspecified atom stereocenters. The second-order valence-corrected chi connectivity index (χ2v) is 10.1. The topological polar surface area (TPSA) is 111 Å². The van der Waals surface area contributed by atoms with E-state index >= 15 is 0 Å². The summed E-state index contributed by atoms with van der Waals surface area (Å²) in [5.74, 6) is -0.212. The van der Waals surface area contributed by atoms with Crippen molar-refractivity contribution in [2.24, 2.45) is 0 Å². The molecule has 10 heteroatoms. The van der Waals surface area contributed by atoms with Gasteiger partial charge in [-0.2, -0.15) is 4.31 Å². The predicted octanol–water partition coefficient (Wildman–Crippen LogP) is 1.82. The number of fused-ring (bicyclic) bond motifs is 1. The van der Waals surface area contributed by atoms with Crippen molar-refractivity contribution in [1.82, 2.24) is 19.2 Å². The standard InChI is InChI=1S/C24H28N4O5S/c1-18-6-4-8-20-23(18)26-17-27(24(20)30)11-5-10-22(29)25-16-19-7-2-3-9-21(19)34(31,32)28-12-14-33-15-13-28/h2-4,6-9,17H,5,10-16H2,1H3,(H,25,29). The van der Waals surface area contributed by atoms with Gasteiger partial charge >= 0.3 is 0 Å². The second kappa shape index (κ2) is 10.5. The Hall–Kier alpha value is -3.08. The molecule has 2 heterocycles. The lowest BCUT2D eigenvalue weighted by atomic mass is 10.1. The van der Waals surface area contributed by atoms with E-state index in [4.69, 9.17) is 4.74 Å². The lowest BCUT2D eigenvalue weighted by molar-refractivity contribution is -0.121. The third-order valence-corrected chi connectivity index (χ3v) is 7.89. The highest BCUT2D eigenvalue weighted by Gasteiger charge is 2.28. The van der Waals surface area contributed by atoms with Gasteiger partial charge in [-0.15, -0.1) is 0 Å². The largest absolute Gasteiger partial charge is 0.379 e. The van der Waals surface area contributed by atoms with E-state index in [1.54, 1.807) is 30.3 Å². The number of hydrogen-bond acceptors (Lipinski definition) is 6. The number of benzene rings is 2. The third kappa shape index (κ3) is 5.19. The molecule has 0 radical (unpaired) electrons. The van der Waals surface area contributed by atoms with E-state index in [-0.39, 0.29) is 29.3 Å². The summed E-state index contributed by atoms with van der Waals surface area (Å²) in [5.41, 5.74) is 2.04. The van der Waals surface area contributed by atoms with Crippen molar-refractivity contribution < 1.29 is 17.9 Å². The Morgan fingerprint density at radius 3 is 2.68 bits per heavy atom. The zero-order chi connectivity index (χ0) is 24.1. The number of nitrogens with one attached hydrogen (secondary N) is 1. The first-order valence-electron chi connectivity index (χ1n) is 11.2. The fourth-order valence-corrected chi connectivity index (χ4v) is 5.65. The molecule has 1 fully saturated rings. The zero-order valence-electron chi connectivity index (χ0n) is 19.1. The quantitative estimate of drug-likeness (QED) is 0.522. The zero-order valence-corrected chi connectivity index (χ0v) is 19.9. The fourth-order valence-electron chi connectivity index (χ4n) is 4.02. The molecule has 0 bridgehead atoms. The van der Waals surface area contributed by atoms with E-state index < -0.39 is 10.0 Å². The number of amides is 1. The first kappa shape index (κ1) is 24.1. The molecule has 1 N–H and O–H groups in total. The summed E-state index contributed by atoms with van der Waals surface area (Å²) < 4.78 is 34.3. The molecule has 0 aliphatic carbocycles. The lowest BCUT2D eigenvalue weighted by Gasteiger charge is -2.27. The number of hydrogen-bond donors (Lipinski definition) is 1. The van der Waals surface area contributed by atoms with Crippen LogP contribution in [0.5, 0.6) is 0 Å². The van der Waals surface area contributed by atoms with Crippen molar-refractivity contribution in [3.05, 3.63) is 70.3 Å².